The normalized spacial score (nSPS) is 11.5. The van der Waals surface area contributed by atoms with Crippen LogP contribution in [0.5, 0.6) is 0 Å². The standard InChI is InChI=1S/C17H28O9/c1-13(18)14(2)26-17(21)12-25-15(19)7-5-4-6-8-23-9-10-24-16(20)11-22-3/h14H,4-12H2,1-3H3. The molecule has 0 saturated carbocycles. The average molecular weight is 376 g/mol. The van der Waals surface area contributed by atoms with Crippen LogP contribution < -0.4 is 0 Å². The number of carbonyl (C=O) groups is 4. The largest absolute Gasteiger partial charge is 0.462 e. The number of hydrogen-bond acceptors (Lipinski definition) is 9. The van der Waals surface area contributed by atoms with E-state index in [1.54, 1.807) is 0 Å². The Morgan fingerprint density at radius 3 is 2.19 bits per heavy atom. The maximum atomic E-state index is 11.5. The SMILES string of the molecule is COCC(=O)OCCOCCCCCC(=O)OCC(=O)OC(C)C(C)=O. The molecule has 0 fully saturated rings. The molecule has 0 bridgehead atoms. The number of unbranched alkanes of at least 4 members (excludes halogenated alkanes) is 2. The van der Waals surface area contributed by atoms with E-state index in [9.17, 15) is 19.2 Å². The van der Waals surface area contributed by atoms with Crippen LogP contribution in [0, 0.1) is 0 Å². The van der Waals surface area contributed by atoms with Crippen molar-refractivity contribution in [3.8, 4) is 0 Å². The molecular weight excluding hydrogens is 348 g/mol. The van der Waals surface area contributed by atoms with Crippen LogP contribution in [0.3, 0.4) is 0 Å². The van der Waals surface area contributed by atoms with Gasteiger partial charge in [0.1, 0.15) is 13.2 Å². The summed E-state index contributed by atoms with van der Waals surface area (Å²) in [5, 5.41) is 0. The van der Waals surface area contributed by atoms with Crippen molar-refractivity contribution in [2.75, 3.05) is 40.1 Å². The third-order valence-corrected chi connectivity index (χ3v) is 3.15. The Hall–Kier alpha value is -2.00. The molecule has 0 aliphatic carbocycles. The minimum Gasteiger partial charge on any atom is -0.462 e. The second kappa shape index (κ2) is 15.3. The van der Waals surface area contributed by atoms with Gasteiger partial charge in [-0.2, -0.15) is 0 Å². The average Bonchev–Trinajstić information content (AvgIpc) is 2.58. The van der Waals surface area contributed by atoms with Gasteiger partial charge in [0.25, 0.3) is 0 Å². The Kier molecular flexibility index (Phi) is 14.1. The topological polar surface area (TPSA) is 114 Å². The summed E-state index contributed by atoms with van der Waals surface area (Å²) in [4.78, 5) is 44.7. The van der Waals surface area contributed by atoms with E-state index in [4.69, 9.17) is 18.9 Å². The van der Waals surface area contributed by atoms with E-state index in [0.29, 0.717) is 19.6 Å². The van der Waals surface area contributed by atoms with E-state index in [2.05, 4.69) is 4.74 Å². The molecule has 0 radical (unpaired) electrons. The summed E-state index contributed by atoms with van der Waals surface area (Å²) in [7, 11) is 1.41. The highest BCUT2D eigenvalue weighted by atomic mass is 16.6. The van der Waals surface area contributed by atoms with Crippen molar-refractivity contribution in [3.63, 3.8) is 0 Å². The molecule has 0 aliphatic heterocycles. The predicted molar refractivity (Wildman–Crippen MR) is 89.3 cm³/mol. The van der Waals surface area contributed by atoms with Crippen LogP contribution >= 0.6 is 0 Å². The molecule has 0 aromatic heterocycles. The quantitative estimate of drug-likeness (QED) is 0.233. The van der Waals surface area contributed by atoms with Gasteiger partial charge in [0, 0.05) is 20.1 Å². The van der Waals surface area contributed by atoms with Gasteiger partial charge >= 0.3 is 17.9 Å². The molecule has 9 heteroatoms. The van der Waals surface area contributed by atoms with E-state index in [-0.39, 0.29) is 25.4 Å². The van der Waals surface area contributed by atoms with E-state index in [0.717, 1.165) is 12.8 Å². The van der Waals surface area contributed by atoms with Crippen molar-refractivity contribution in [2.45, 2.75) is 45.6 Å². The Labute approximate surface area is 153 Å². The Morgan fingerprint density at radius 1 is 0.808 bits per heavy atom. The van der Waals surface area contributed by atoms with Crippen LogP contribution in [0.15, 0.2) is 0 Å². The zero-order valence-electron chi connectivity index (χ0n) is 15.6. The molecule has 0 heterocycles. The molecule has 0 aliphatic rings. The van der Waals surface area contributed by atoms with Crippen molar-refractivity contribution < 1.29 is 42.9 Å². The first-order chi connectivity index (χ1) is 12.4. The fraction of sp³-hybridized carbons (Fsp3) is 0.765. The van der Waals surface area contributed by atoms with Gasteiger partial charge < -0.3 is 23.7 Å². The lowest BCUT2D eigenvalue weighted by Crippen LogP contribution is -2.25. The Morgan fingerprint density at radius 2 is 1.54 bits per heavy atom. The van der Waals surface area contributed by atoms with Crippen molar-refractivity contribution >= 4 is 23.7 Å². The van der Waals surface area contributed by atoms with Crippen LogP contribution in [0.2, 0.25) is 0 Å². The van der Waals surface area contributed by atoms with Gasteiger partial charge in [0.2, 0.25) is 0 Å². The third-order valence-electron chi connectivity index (χ3n) is 3.15. The molecule has 9 nitrogen and oxygen atoms in total. The van der Waals surface area contributed by atoms with E-state index in [1.807, 2.05) is 0 Å². The van der Waals surface area contributed by atoms with Gasteiger partial charge in [-0.15, -0.1) is 0 Å². The summed E-state index contributed by atoms with van der Waals surface area (Å²) in [6.07, 6.45) is 1.44. The summed E-state index contributed by atoms with van der Waals surface area (Å²) in [6.45, 7) is 3.15. The maximum Gasteiger partial charge on any atom is 0.344 e. The van der Waals surface area contributed by atoms with Crippen molar-refractivity contribution in [2.24, 2.45) is 0 Å². The number of rotatable bonds is 15. The number of Topliss-reactive ketones (excluding diaryl/α,β-unsaturated/α-hetero) is 1. The second-order valence-electron chi connectivity index (χ2n) is 5.48. The minimum absolute atomic E-state index is 0.0798. The monoisotopic (exact) mass is 376 g/mol. The fourth-order valence-electron chi connectivity index (χ4n) is 1.65. The molecule has 0 N–H and O–H groups in total. The van der Waals surface area contributed by atoms with Crippen LogP contribution in [-0.2, 0) is 42.9 Å². The number of hydrogen-bond donors (Lipinski definition) is 0. The van der Waals surface area contributed by atoms with Gasteiger partial charge in [-0.05, 0) is 26.7 Å². The number of esters is 3. The molecule has 0 spiro atoms. The number of carbonyl (C=O) groups excluding carboxylic acids is 4. The fourth-order valence-corrected chi connectivity index (χ4v) is 1.65. The number of methoxy groups -OCH3 is 1. The first-order valence-corrected chi connectivity index (χ1v) is 8.44. The highest BCUT2D eigenvalue weighted by Gasteiger charge is 2.15. The van der Waals surface area contributed by atoms with Crippen LogP contribution in [0.1, 0.15) is 39.5 Å². The van der Waals surface area contributed by atoms with Crippen molar-refractivity contribution in [3.05, 3.63) is 0 Å². The first kappa shape index (κ1) is 24.0. The lowest BCUT2D eigenvalue weighted by atomic mass is 10.2. The smallest absolute Gasteiger partial charge is 0.344 e. The maximum absolute atomic E-state index is 11.5. The van der Waals surface area contributed by atoms with Crippen molar-refractivity contribution in [1.82, 2.24) is 0 Å². The second-order valence-corrected chi connectivity index (χ2v) is 5.48. The molecule has 1 unspecified atom stereocenters. The van der Waals surface area contributed by atoms with E-state index in [1.165, 1.54) is 21.0 Å². The highest BCUT2D eigenvalue weighted by Crippen LogP contribution is 2.02. The Balaban J connectivity index is 3.48. The van der Waals surface area contributed by atoms with E-state index >= 15 is 0 Å². The van der Waals surface area contributed by atoms with Gasteiger partial charge in [-0.1, -0.05) is 6.42 Å². The van der Waals surface area contributed by atoms with Crippen molar-refractivity contribution in [1.29, 1.82) is 0 Å². The van der Waals surface area contributed by atoms with E-state index < -0.39 is 30.6 Å². The zero-order chi connectivity index (χ0) is 19.8. The molecule has 0 saturated heterocycles. The number of ether oxygens (including phenoxy) is 5. The molecule has 1 atom stereocenters. The predicted octanol–water partition coefficient (Wildman–Crippen LogP) is 0.817. The van der Waals surface area contributed by atoms with Gasteiger partial charge in [-0.25, -0.2) is 9.59 Å². The summed E-state index contributed by atoms with van der Waals surface area (Å²) in [5.74, 6) is -1.96. The van der Waals surface area contributed by atoms with Gasteiger partial charge in [0.15, 0.2) is 18.5 Å². The summed E-state index contributed by atoms with van der Waals surface area (Å²) in [6, 6.07) is 0. The molecule has 26 heavy (non-hydrogen) atoms. The van der Waals surface area contributed by atoms with Crippen LogP contribution in [0.25, 0.3) is 0 Å². The lowest BCUT2D eigenvalue weighted by Gasteiger charge is -2.10. The first-order valence-electron chi connectivity index (χ1n) is 8.44. The molecule has 0 aromatic carbocycles. The van der Waals surface area contributed by atoms with Crippen LogP contribution in [-0.4, -0.2) is 69.9 Å². The highest BCUT2D eigenvalue weighted by molar-refractivity contribution is 5.84. The van der Waals surface area contributed by atoms with Gasteiger partial charge in [0.05, 0.1) is 6.61 Å². The van der Waals surface area contributed by atoms with Gasteiger partial charge in [-0.3, -0.25) is 9.59 Å². The molecule has 0 amide bonds. The molecule has 0 rings (SSSR count). The molecule has 150 valence electrons. The summed E-state index contributed by atoms with van der Waals surface area (Å²) < 4.78 is 24.2. The third kappa shape index (κ3) is 14.4. The minimum atomic E-state index is -0.843. The molecular formula is C17H28O9. The Bertz CT molecular complexity index is 448. The lowest BCUT2D eigenvalue weighted by molar-refractivity contribution is -0.163. The number of ketones is 1. The summed E-state index contributed by atoms with van der Waals surface area (Å²) >= 11 is 0. The zero-order valence-corrected chi connectivity index (χ0v) is 15.6. The summed E-state index contributed by atoms with van der Waals surface area (Å²) in [5.41, 5.74) is 0. The molecule has 0 aromatic rings. The van der Waals surface area contributed by atoms with Crippen LogP contribution in [0.4, 0.5) is 0 Å².